The van der Waals surface area contributed by atoms with Crippen LogP contribution in [-0.2, 0) is 0 Å². The zero-order valence-electron chi connectivity index (χ0n) is 9.85. The van der Waals surface area contributed by atoms with Gasteiger partial charge in [-0.1, -0.05) is 18.2 Å². The number of amides is 1. The Morgan fingerprint density at radius 2 is 2.11 bits per heavy atom. The lowest BCUT2D eigenvalue weighted by atomic mass is 10.3. The molecule has 0 aliphatic rings. The van der Waals surface area contributed by atoms with Crippen LogP contribution in [0.25, 0.3) is 5.69 Å². The number of anilines is 1. The van der Waals surface area contributed by atoms with Gasteiger partial charge in [0.05, 0.1) is 12.5 Å². The van der Waals surface area contributed by atoms with Gasteiger partial charge in [0.25, 0.3) is 5.91 Å². The van der Waals surface area contributed by atoms with E-state index in [2.05, 4.69) is 15.3 Å². The van der Waals surface area contributed by atoms with Crippen molar-refractivity contribution in [2.75, 3.05) is 5.32 Å². The molecule has 19 heavy (non-hydrogen) atoms. The van der Waals surface area contributed by atoms with Crippen LogP contribution in [0.15, 0.2) is 54.4 Å². The van der Waals surface area contributed by atoms with Crippen molar-refractivity contribution < 1.29 is 4.79 Å². The summed E-state index contributed by atoms with van der Waals surface area (Å²) in [5, 5.41) is 5.13. The molecule has 1 aromatic carbocycles. The van der Waals surface area contributed by atoms with Crippen molar-refractivity contribution in [3.05, 3.63) is 60.1 Å². The van der Waals surface area contributed by atoms with Crippen LogP contribution >= 0.6 is 11.3 Å². The maximum Gasteiger partial charge on any atom is 0.276 e. The van der Waals surface area contributed by atoms with Crippen LogP contribution in [0, 0.1) is 0 Å². The van der Waals surface area contributed by atoms with E-state index in [1.807, 2.05) is 35.7 Å². The second-order valence-electron chi connectivity index (χ2n) is 3.78. The van der Waals surface area contributed by atoms with E-state index in [-0.39, 0.29) is 5.91 Å². The van der Waals surface area contributed by atoms with Crippen molar-refractivity contribution in [1.29, 1.82) is 0 Å². The molecule has 0 saturated heterocycles. The van der Waals surface area contributed by atoms with E-state index < -0.39 is 0 Å². The molecule has 2 heterocycles. The summed E-state index contributed by atoms with van der Waals surface area (Å²) >= 11 is 1.38. The summed E-state index contributed by atoms with van der Waals surface area (Å²) in [5.74, 6) is -0.226. The molecule has 0 unspecified atom stereocenters. The van der Waals surface area contributed by atoms with Gasteiger partial charge in [0, 0.05) is 17.3 Å². The highest BCUT2D eigenvalue weighted by molar-refractivity contribution is 7.13. The predicted molar refractivity (Wildman–Crippen MR) is 73.6 cm³/mol. The minimum absolute atomic E-state index is 0.226. The lowest BCUT2D eigenvalue weighted by molar-refractivity contribution is 0.102. The first kappa shape index (κ1) is 11.6. The van der Waals surface area contributed by atoms with Gasteiger partial charge in [-0.3, -0.25) is 14.7 Å². The third-order valence-corrected chi connectivity index (χ3v) is 3.25. The lowest BCUT2D eigenvalue weighted by Gasteiger charge is -2.07. The average Bonchev–Trinajstić information content (AvgIpc) is 3.10. The summed E-state index contributed by atoms with van der Waals surface area (Å²) in [6.07, 6.45) is 4.80. The van der Waals surface area contributed by atoms with E-state index in [4.69, 9.17) is 0 Å². The van der Waals surface area contributed by atoms with E-state index in [1.54, 1.807) is 17.1 Å². The lowest BCUT2D eigenvalue weighted by Crippen LogP contribution is -2.15. The largest absolute Gasteiger partial charge is 0.296 e. The van der Waals surface area contributed by atoms with Gasteiger partial charge in [-0.25, -0.2) is 9.97 Å². The van der Waals surface area contributed by atoms with Crippen molar-refractivity contribution in [3.8, 4) is 5.69 Å². The van der Waals surface area contributed by atoms with Crippen LogP contribution in [0.2, 0.25) is 0 Å². The number of thiazole rings is 1. The van der Waals surface area contributed by atoms with Gasteiger partial charge >= 0.3 is 0 Å². The summed E-state index contributed by atoms with van der Waals surface area (Å²) in [4.78, 5) is 20.2. The van der Waals surface area contributed by atoms with Crippen molar-refractivity contribution in [2.24, 2.45) is 0 Å². The quantitative estimate of drug-likeness (QED) is 0.795. The predicted octanol–water partition coefficient (Wildman–Crippen LogP) is 2.58. The van der Waals surface area contributed by atoms with E-state index in [0.29, 0.717) is 10.8 Å². The van der Waals surface area contributed by atoms with Crippen LogP contribution in [-0.4, -0.2) is 20.4 Å². The fourth-order valence-electron chi connectivity index (χ4n) is 1.70. The standard InChI is InChI=1S/C13H10N4OS/c18-12(16-13-15-6-7-19-13)11-8-14-9-17(11)10-4-2-1-3-5-10/h1-9H,(H,15,16,18). The fourth-order valence-corrected chi connectivity index (χ4v) is 2.23. The topological polar surface area (TPSA) is 59.8 Å². The van der Waals surface area contributed by atoms with Crippen LogP contribution in [0.5, 0.6) is 0 Å². The molecule has 3 rings (SSSR count). The molecule has 0 bridgehead atoms. The smallest absolute Gasteiger partial charge is 0.276 e. The van der Waals surface area contributed by atoms with Gasteiger partial charge in [-0.15, -0.1) is 11.3 Å². The number of hydrogen-bond acceptors (Lipinski definition) is 4. The van der Waals surface area contributed by atoms with Gasteiger partial charge < -0.3 is 0 Å². The number of nitrogens with one attached hydrogen (secondary N) is 1. The Hall–Kier alpha value is -2.47. The molecular formula is C13H10N4OS. The third kappa shape index (κ3) is 2.38. The monoisotopic (exact) mass is 270 g/mol. The van der Waals surface area contributed by atoms with Crippen molar-refractivity contribution in [1.82, 2.24) is 14.5 Å². The first-order chi connectivity index (χ1) is 9.34. The number of hydrogen-bond donors (Lipinski definition) is 1. The van der Waals surface area contributed by atoms with Crippen LogP contribution in [0.1, 0.15) is 10.5 Å². The maximum atomic E-state index is 12.2. The Morgan fingerprint density at radius 1 is 1.26 bits per heavy atom. The van der Waals surface area contributed by atoms with E-state index in [9.17, 15) is 4.79 Å². The number of carbonyl (C=O) groups excluding carboxylic acids is 1. The van der Waals surface area contributed by atoms with Gasteiger partial charge in [0.15, 0.2) is 5.13 Å². The Kier molecular flexibility index (Phi) is 3.07. The SMILES string of the molecule is O=C(Nc1nccs1)c1cncn1-c1ccccc1. The van der Waals surface area contributed by atoms with Crippen molar-refractivity contribution in [3.63, 3.8) is 0 Å². The van der Waals surface area contributed by atoms with Crippen LogP contribution in [0.4, 0.5) is 5.13 Å². The van der Waals surface area contributed by atoms with Crippen LogP contribution in [0.3, 0.4) is 0 Å². The molecule has 2 aromatic heterocycles. The Bertz CT molecular complexity index is 676. The average molecular weight is 270 g/mol. The number of rotatable bonds is 3. The van der Waals surface area contributed by atoms with Gasteiger partial charge in [-0.05, 0) is 12.1 Å². The molecular weight excluding hydrogens is 260 g/mol. The van der Waals surface area contributed by atoms with E-state index >= 15 is 0 Å². The second kappa shape index (κ2) is 5.03. The molecule has 0 atom stereocenters. The Balaban J connectivity index is 1.90. The highest BCUT2D eigenvalue weighted by Crippen LogP contribution is 2.15. The van der Waals surface area contributed by atoms with Gasteiger partial charge in [0.2, 0.25) is 0 Å². The van der Waals surface area contributed by atoms with Crippen LogP contribution < -0.4 is 5.32 Å². The summed E-state index contributed by atoms with van der Waals surface area (Å²) in [6, 6.07) is 9.59. The number of aromatic nitrogens is 3. The normalized spacial score (nSPS) is 10.3. The fraction of sp³-hybridized carbons (Fsp3) is 0. The summed E-state index contributed by atoms with van der Waals surface area (Å²) < 4.78 is 1.74. The van der Waals surface area contributed by atoms with Gasteiger partial charge in [0.1, 0.15) is 5.69 Å². The minimum atomic E-state index is -0.226. The molecule has 0 fully saturated rings. The van der Waals surface area contributed by atoms with E-state index in [0.717, 1.165) is 5.69 Å². The van der Waals surface area contributed by atoms with Gasteiger partial charge in [-0.2, -0.15) is 0 Å². The second-order valence-corrected chi connectivity index (χ2v) is 4.67. The molecule has 6 heteroatoms. The number of benzene rings is 1. The molecule has 0 saturated carbocycles. The molecule has 94 valence electrons. The van der Waals surface area contributed by atoms with E-state index in [1.165, 1.54) is 17.5 Å². The molecule has 0 spiro atoms. The highest BCUT2D eigenvalue weighted by atomic mass is 32.1. The molecule has 0 aliphatic carbocycles. The zero-order valence-corrected chi connectivity index (χ0v) is 10.7. The van der Waals surface area contributed by atoms with Crippen molar-refractivity contribution in [2.45, 2.75) is 0 Å². The third-order valence-electron chi connectivity index (χ3n) is 2.56. The molecule has 3 aromatic rings. The number of para-hydroxylation sites is 1. The number of carbonyl (C=O) groups is 1. The molecule has 1 amide bonds. The first-order valence-electron chi connectivity index (χ1n) is 5.63. The highest BCUT2D eigenvalue weighted by Gasteiger charge is 2.13. The molecule has 0 aliphatic heterocycles. The maximum absolute atomic E-state index is 12.2. The summed E-state index contributed by atoms with van der Waals surface area (Å²) in [5.41, 5.74) is 1.37. The first-order valence-corrected chi connectivity index (χ1v) is 6.51. The zero-order chi connectivity index (χ0) is 13.1. The molecule has 1 N–H and O–H groups in total. The summed E-state index contributed by atoms with van der Waals surface area (Å²) in [7, 11) is 0. The Labute approximate surface area is 113 Å². The van der Waals surface area contributed by atoms with Crippen molar-refractivity contribution >= 4 is 22.4 Å². The minimum Gasteiger partial charge on any atom is -0.296 e. The number of nitrogens with zero attached hydrogens (tertiary/aromatic N) is 3. The molecule has 5 nitrogen and oxygen atoms in total. The Morgan fingerprint density at radius 3 is 2.84 bits per heavy atom. The number of imidazole rings is 1. The molecule has 0 radical (unpaired) electrons. The summed E-state index contributed by atoms with van der Waals surface area (Å²) in [6.45, 7) is 0.